The lowest BCUT2D eigenvalue weighted by Crippen LogP contribution is -2.46. The Morgan fingerprint density at radius 2 is 2.17 bits per heavy atom. The van der Waals surface area contributed by atoms with Gasteiger partial charge in [0.2, 0.25) is 0 Å². The lowest BCUT2D eigenvalue weighted by Gasteiger charge is -2.35. The Kier molecular flexibility index (Phi) is 5.14. The highest BCUT2D eigenvalue weighted by Gasteiger charge is 2.28. The topological polar surface area (TPSA) is 32.3 Å². The molecule has 0 saturated heterocycles. The van der Waals surface area contributed by atoms with Crippen molar-refractivity contribution >= 4 is 17.8 Å². The summed E-state index contributed by atoms with van der Waals surface area (Å²) in [5, 5.41) is 3.12. The van der Waals surface area contributed by atoms with Gasteiger partial charge >= 0.3 is 6.03 Å². The van der Waals surface area contributed by atoms with Gasteiger partial charge in [0.1, 0.15) is 5.82 Å². The molecule has 3 nitrogen and oxygen atoms in total. The van der Waals surface area contributed by atoms with Crippen LogP contribution < -0.4 is 5.32 Å². The van der Waals surface area contributed by atoms with Gasteiger partial charge in [-0.2, -0.15) is 0 Å². The zero-order chi connectivity index (χ0) is 16.4. The number of thioether (sulfide) groups is 1. The van der Waals surface area contributed by atoms with Gasteiger partial charge in [0.05, 0.1) is 6.04 Å². The molecule has 3 rings (SSSR count). The number of carbonyl (C=O) groups is 1. The molecule has 0 aromatic heterocycles. The molecule has 0 spiro atoms. The van der Waals surface area contributed by atoms with Gasteiger partial charge in [0.25, 0.3) is 0 Å². The van der Waals surface area contributed by atoms with E-state index in [9.17, 15) is 9.18 Å². The van der Waals surface area contributed by atoms with Crippen molar-refractivity contribution in [2.24, 2.45) is 5.92 Å². The third-order valence-corrected chi connectivity index (χ3v) is 6.21. The fourth-order valence-corrected chi connectivity index (χ4v) is 4.79. The maximum Gasteiger partial charge on any atom is 0.317 e. The first-order valence-electron chi connectivity index (χ1n) is 8.50. The summed E-state index contributed by atoms with van der Waals surface area (Å²) in [5.41, 5.74) is 0.917. The summed E-state index contributed by atoms with van der Waals surface area (Å²) >= 11 is 1.73. The van der Waals surface area contributed by atoms with E-state index in [1.807, 2.05) is 18.0 Å². The average Bonchev–Trinajstić information content (AvgIpc) is 2.54. The van der Waals surface area contributed by atoms with E-state index in [1.165, 1.54) is 18.9 Å². The van der Waals surface area contributed by atoms with E-state index in [4.69, 9.17) is 0 Å². The van der Waals surface area contributed by atoms with Gasteiger partial charge in [-0.05, 0) is 48.9 Å². The van der Waals surface area contributed by atoms with E-state index in [0.29, 0.717) is 12.0 Å². The molecule has 0 radical (unpaired) electrons. The van der Waals surface area contributed by atoms with Crippen molar-refractivity contribution < 1.29 is 9.18 Å². The second kappa shape index (κ2) is 7.12. The highest BCUT2D eigenvalue weighted by atomic mass is 32.2. The second-order valence-corrected chi connectivity index (χ2v) is 7.99. The van der Waals surface area contributed by atoms with Crippen LogP contribution in [0.2, 0.25) is 0 Å². The third kappa shape index (κ3) is 3.82. The fourth-order valence-electron chi connectivity index (χ4n) is 3.69. The summed E-state index contributed by atoms with van der Waals surface area (Å²) in [6.45, 7) is 2.26. The van der Waals surface area contributed by atoms with Crippen LogP contribution in [0.15, 0.2) is 23.1 Å². The zero-order valence-electron chi connectivity index (χ0n) is 13.8. The molecule has 1 aliphatic heterocycles. The molecule has 1 N–H and O–H groups in total. The SMILES string of the molecule is CC1CCCC(N(C)C(=O)NC2CCSc3ccc(F)cc32)C1. The number of hydrogen-bond acceptors (Lipinski definition) is 2. The predicted octanol–water partition coefficient (Wildman–Crippen LogP) is 4.58. The van der Waals surface area contributed by atoms with Crippen LogP contribution in [0, 0.1) is 11.7 Å². The predicted molar refractivity (Wildman–Crippen MR) is 92.2 cm³/mol. The van der Waals surface area contributed by atoms with Crippen LogP contribution >= 0.6 is 11.8 Å². The molecular formula is C18H25FN2OS. The Bertz CT molecular complexity index is 580. The van der Waals surface area contributed by atoms with Crippen molar-refractivity contribution in [3.8, 4) is 0 Å². The minimum Gasteiger partial charge on any atom is -0.331 e. The first-order valence-corrected chi connectivity index (χ1v) is 9.48. The first-order chi connectivity index (χ1) is 11.0. The molecule has 1 heterocycles. The normalized spacial score (nSPS) is 27.2. The summed E-state index contributed by atoms with van der Waals surface area (Å²) < 4.78 is 13.6. The highest BCUT2D eigenvalue weighted by molar-refractivity contribution is 7.99. The van der Waals surface area contributed by atoms with Crippen molar-refractivity contribution in [1.29, 1.82) is 0 Å². The van der Waals surface area contributed by atoms with Crippen LogP contribution in [-0.4, -0.2) is 29.8 Å². The summed E-state index contributed by atoms with van der Waals surface area (Å²) in [5.74, 6) is 1.40. The van der Waals surface area contributed by atoms with E-state index >= 15 is 0 Å². The molecule has 126 valence electrons. The summed E-state index contributed by atoms with van der Waals surface area (Å²) in [4.78, 5) is 15.6. The first kappa shape index (κ1) is 16.6. The lowest BCUT2D eigenvalue weighted by molar-refractivity contribution is 0.157. The van der Waals surface area contributed by atoms with Crippen LogP contribution in [-0.2, 0) is 0 Å². The van der Waals surface area contributed by atoms with Gasteiger partial charge in [-0.1, -0.05) is 19.8 Å². The third-order valence-electron chi connectivity index (χ3n) is 5.09. The Balaban J connectivity index is 1.67. The van der Waals surface area contributed by atoms with Gasteiger partial charge in [-0.25, -0.2) is 9.18 Å². The molecule has 1 aliphatic carbocycles. The van der Waals surface area contributed by atoms with Crippen LogP contribution in [0.1, 0.15) is 50.6 Å². The Morgan fingerprint density at radius 3 is 2.96 bits per heavy atom. The molecule has 2 aliphatic rings. The van der Waals surface area contributed by atoms with Crippen molar-refractivity contribution in [2.45, 2.75) is 56.0 Å². The molecule has 0 bridgehead atoms. The molecule has 23 heavy (non-hydrogen) atoms. The van der Waals surface area contributed by atoms with Gasteiger partial charge in [-0.15, -0.1) is 11.8 Å². The standard InChI is InChI=1S/C18H25FN2OS/c1-12-4-3-5-14(10-12)21(2)18(22)20-16-8-9-23-17-7-6-13(19)11-15(16)17/h6-7,11-12,14,16H,3-5,8-10H2,1-2H3,(H,20,22). The largest absolute Gasteiger partial charge is 0.331 e. The van der Waals surface area contributed by atoms with E-state index in [2.05, 4.69) is 12.2 Å². The molecule has 3 unspecified atom stereocenters. The number of rotatable bonds is 2. The van der Waals surface area contributed by atoms with Crippen LogP contribution in [0.5, 0.6) is 0 Å². The number of carbonyl (C=O) groups excluding carboxylic acids is 1. The maximum absolute atomic E-state index is 13.6. The number of hydrogen-bond donors (Lipinski definition) is 1. The van der Waals surface area contributed by atoms with Crippen LogP contribution in [0.4, 0.5) is 9.18 Å². The monoisotopic (exact) mass is 336 g/mol. The molecule has 1 fully saturated rings. The van der Waals surface area contributed by atoms with Gasteiger partial charge in [-0.3, -0.25) is 0 Å². The molecule has 1 aromatic rings. The molecule has 3 atom stereocenters. The number of benzene rings is 1. The highest BCUT2D eigenvalue weighted by Crippen LogP contribution is 2.36. The number of nitrogens with zero attached hydrogens (tertiary/aromatic N) is 1. The zero-order valence-corrected chi connectivity index (χ0v) is 14.7. The van der Waals surface area contributed by atoms with Crippen molar-refractivity contribution in [2.75, 3.05) is 12.8 Å². The van der Waals surface area contributed by atoms with Crippen LogP contribution in [0.25, 0.3) is 0 Å². The summed E-state index contributed by atoms with van der Waals surface area (Å²) in [7, 11) is 1.89. The molecule has 2 amide bonds. The fraction of sp³-hybridized carbons (Fsp3) is 0.611. The summed E-state index contributed by atoms with van der Waals surface area (Å²) in [6.07, 6.45) is 5.47. The molecule has 1 aromatic carbocycles. The van der Waals surface area contributed by atoms with Crippen molar-refractivity contribution in [3.63, 3.8) is 0 Å². The Morgan fingerprint density at radius 1 is 1.35 bits per heavy atom. The van der Waals surface area contributed by atoms with E-state index in [-0.39, 0.29) is 17.9 Å². The quantitative estimate of drug-likeness (QED) is 0.857. The second-order valence-electron chi connectivity index (χ2n) is 6.86. The number of halogens is 1. The smallest absolute Gasteiger partial charge is 0.317 e. The Hall–Kier alpha value is -1.23. The van der Waals surface area contributed by atoms with Gasteiger partial charge < -0.3 is 10.2 Å². The average molecular weight is 336 g/mol. The van der Waals surface area contributed by atoms with Crippen molar-refractivity contribution in [1.82, 2.24) is 10.2 Å². The molecule has 5 heteroatoms. The number of nitrogens with one attached hydrogen (secondary N) is 1. The Labute approximate surface area is 142 Å². The lowest BCUT2D eigenvalue weighted by atomic mass is 9.86. The summed E-state index contributed by atoms with van der Waals surface area (Å²) in [6, 6.07) is 5.08. The number of amides is 2. The minimum absolute atomic E-state index is 0.0313. The molecular weight excluding hydrogens is 311 g/mol. The number of fused-ring (bicyclic) bond motifs is 1. The van der Waals surface area contributed by atoms with E-state index < -0.39 is 0 Å². The minimum atomic E-state index is -0.236. The van der Waals surface area contributed by atoms with Crippen LogP contribution in [0.3, 0.4) is 0 Å². The van der Waals surface area contributed by atoms with Gasteiger partial charge in [0, 0.05) is 23.7 Å². The number of urea groups is 1. The van der Waals surface area contributed by atoms with Gasteiger partial charge in [0.15, 0.2) is 0 Å². The van der Waals surface area contributed by atoms with E-state index in [0.717, 1.165) is 35.5 Å². The van der Waals surface area contributed by atoms with Crippen molar-refractivity contribution in [3.05, 3.63) is 29.6 Å². The molecule has 1 saturated carbocycles. The van der Waals surface area contributed by atoms with E-state index in [1.54, 1.807) is 17.8 Å². The maximum atomic E-state index is 13.6.